The molecule has 142 valence electrons. The number of rotatable bonds is 4. The van der Waals surface area contributed by atoms with Crippen LogP contribution in [0.2, 0.25) is 0 Å². The van der Waals surface area contributed by atoms with Crippen molar-refractivity contribution in [2.24, 2.45) is 0 Å². The summed E-state index contributed by atoms with van der Waals surface area (Å²) in [5.74, 6) is -8.22. The maximum Gasteiger partial charge on any atom is 0.586 e. The summed E-state index contributed by atoms with van der Waals surface area (Å²) in [6.45, 7) is 0. The minimum atomic E-state index is -4.11. The van der Waals surface area contributed by atoms with Crippen molar-refractivity contribution in [2.75, 3.05) is 5.32 Å². The van der Waals surface area contributed by atoms with E-state index in [0.717, 1.165) is 18.2 Å². The van der Waals surface area contributed by atoms with E-state index in [1.54, 1.807) is 0 Å². The minimum absolute atomic E-state index is 0.551. The highest BCUT2D eigenvalue weighted by Crippen LogP contribution is 2.49. The summed E-state index contributed by atoms with van der Waals surface area (Å²) in [5, 5.41) is 23.9. The Bertz CT molecular complexity index is 999. The molecule has 3 rings (SSSR count). The van der Waals surface area contributed by atoms with Gasteiger partial charge in [-0.3, -0.25) is 20.2 Å². The second-order valence-corrected chi connectivity index (χ2v) is 4.95. The van der Waals surface area contributed by atoms with E-state index in [-0.39, 0.29) is 0 Å². The van der Waals surface area contributed by atoms with Gasteiger partial charge in [0.25, 0.3) is 0 Å². The maximum atomic E-state index is 14.1. The summed E-state index contributed by atoms with van der Waals surface area (Å²) in [4.78, 5) is 18.9. The van der Waals surface area contributed by atoms with Gasteiger partial charge in [0.05, 0.1) is 15.5 Å². The highest BCUT2D eigenvalue weighted by molar-refractivity contribution is 5.80. The van der Waals surface area contributed by atoms with E-state index in [2.05, 4.69) is 9.47 Å². The fraction of sp³-hybridized carbons (Fsp3) is 0.0769. The average Bonchev–Trinajstić information content (AvgIpc) is 2.89. The van der Waals surface area contributed by atoms with Crippen LogP contribution in [-0.2, 0) is 0 Å². The number of anilines is 2. The van der Waals surface area contributed by atoms with Crippen LogP contribution in [0.4, 0.5) is 44.7 Å². The van der Waals surface area contributed by atoms with Gasteiger partial charge in [-0.15, -0.1) is 8.78 Å². The van der Waals surface area contributed by atoms with E-state index < -0.39 is 67.8 Å². The lowest BCUT2D eigenvalue weighted by molar-refractivity contribution is -0.423. The van der Waals surface area contributed by atoms with Crippen LogP contribution < -0.4 is 14.8 Å². The standard InChI is InChI=1S/C13H4F5N3O6/c14-6-7(15)9(11(21(24)25)10(8(6)16)20(22)23)19-4-2-1-3-5-12(4)27-13(17,18)26-5/h1-3,19H. The highest BCUT2D eigenvalue weighted by atomic mass is 19.3. The van der Waals surface area contributed by atoms with E-state index in [1.807, 2.05) is 5.32 Å². The van der Waals surface area contributed by atoms with E-state index in [0.29, 0.717) is 0 Å². The summed E-state index contributed by atoms with van der Waals surface area (Å²) in [7, 11) is 0. The molecule has 2 aromatic carbocycles. The first-order valence-corrected chi connectivity index (χ1v) is 6.68. The van der Waals surface area contributed by atoms with Gasteiger partial charge in [0.1, 0.15) is 0 Å². The number of ether oxygens (including phenoxy) is 2. The number of alkyl halides is 2. The molecule has 1 aliphatic heterocycles. The Hall–Kier alpha value is -3.71. The molecule has 0 amide bonds. The van der Waals surface area contributed by atoms with Crippen LogP contribution in [0.5, 0.6) is 11.5 Å². The maximum absolute atomic E-state index is 14.1. The van der Waals surface area contributed by atoms with Crippen LogP contribution >= 0.6 is 0 Å². The molecular formula is C13H4F5N3O6. The van der Waals surface area contributed by atoms with Crippen molar-refractivity contribution in [3.63, 3.8) is 0 Å². The number of nitro groups is 2. The third kappa shape index (κ3) is 2.90. The Balaban J connectivity index is 2.22. The Kier molecular flexibility index (Phi) is 3.97. The number of benzene rings is 2. The molecule has 0 radical (unpaired) electrons. The smallest absolute Gasteiger partial charge is 0.395 e. The second-order valence-electron chi connectivity index (χ2n) is 4.95. The number of hydrogen-bond donors (Lipinski definition) is 1. The summed E-state index contributed by atoms with van der Waals surface area (Å²) >= 11 is 0. The number of halogens is 5. The largest absolute Gasteiger partial charge is 0.586 e. The van der Waals surface area contributed by atoms with Crippen LogP contribution in [0, 0.1) is 37.7 Å². The van der Waals surface area contributed by atoms with Crippen molar-refractivity contribution in [3.8, 4) is 11.5 Å². The van der Waals surface area contributed by atoms with Gasteiger partial charge in [-0.25, -0.2) is 8.78 Å². The van der Waals surface area contributed by atoms with Crippen molar-refractivity contribution in [1.29, 1.82) is 0 Å². The Morgan fingerprint density at radius 3 is 2.15 bits per heavy atom. The zero-order chi connectivity index (χ0) is 20.1. The fourth-order valence-corrected chi connectivity index (χ4v) is 2.30. The van der Waals surface area contributed by atoms with Gasteiger partial charge in [-0.1, -0.05) is 6.07 Å². The molecule has 27 heavy (non-hydrogen) atoms. The number of nitro benzene ring substituents is 2. The number of para-hydroxylation sites is 1. The van der Waals surface area contributed by atoms with Gasteiger partial charge >= 0.3 is 17.7 Å². The molecule has 14 heteroatoms. The third-order valence-electron chi connectivity index (χ3n) is 3.33. The number of hydrogen-bond acceptors (Lipinski definition) is 7. The van der Waals surface area contributed by atoms with Crippen molar-refractivity contribution >= 4 is 22.7 Å². The molecule has 9 nitrogen and oxygen atoms in total. The summed E-state index contributed by atoms with van der Waals surface area (Å²) in [5.41, 5.74) is -5.74. The first-order chi connectivity index (χ1) is 12.5. The second kappa shape index (κ2) is 5.93. The van der Waals surface area contributed by atoms with Crippen LogP contribution in [0.15, 0.2) is 18.2 Å². The van der Waals surface area contributed by atoms with Gasteiger partial charge < -0.3 is 14.8 Å². The number of nitrogens with zero attached hydrogens (tertiary/aromatic N) is 2. The highest BCUT2D eigenvalue weighted by Gasteiger charge is 2.45. The molecular weight excluding hydrogens is 389 g/mol. The molecule has 1 N–H and O–H groups in total. The summed E-state index contributed by atoms with van der Waals surface area (Å²) < 4.78 is 76.0. The van der Waals surface area contributed by atoms with Crippen molar-refractivity contribution < 1.29 is 41.3 Å². The molecule has 1 heterocycles. The van der Waals surface area contributed by atoms with Crippen LogP contribution in [0.25, 0.3) is 0 Å². The van der Waals surface area contributed by atoms with Crippen molar-refractivity contribution in [2.45, 2.75) is 6.29 Å². The molecule has 2 aromatic rings. The predicted octanol–water partition coefficient (Wildman–Crippen LogP) is 3.99. The first-order valence-electron chi connectivity index (χ1n) is 6.68. The van der Waals surface area contributed by atoms with Gasteiger partial charge in [0, 0.05) is 0 Å². The Morgan fingerprint density at radius 1 is 0.926 bits per heavy atom. The molecule has 0 saturated heterocycles. The third-order valence-corrected chi connectivity index (χ3v) is 3.33. The van der Waals surface area contributed by atoms with Crippen LogP contribution in [0.3, 0.4) is 0 Å². The van der Waals surface area contributed by atoms with Gasteiger partial charge in [0.15, 0.2) is 23.0 Å². The molecule has 0 saturated carbocycles. The monoisotopic (exact) mass is 393 g/mol. The zero-order valence-electron chi connectivity index (χ0n) is 12.5. The van der Waals surface area contributed by atoms with Crippen molar-refractivity contribution in [3.05, 3.63) is 55.9 Å². The van der Waals surface area contributed by atoms with E-state index >= 15 is 0 Å². The Labute approximate surface area is 144 Å². The lowest BCUT2D eigenvalue weighted by Crippen LogP contribution is -2.26. The lowest BCUT2D eigenvalue weighted by Gasteiger charge is -2.11. The van der Waals surface area contributed by atoms with Crippen molar-refractivity contribution in [1.82, 2.24) is 0 Å². The predicted molar refractivity (Wildman–Crippen MR) is 75.6 cm³/mol. The summed E-state index contributed by atoms with van der Waals surface area (Å²) in [6, 6.07) is 3.06. The van der Waals surface area contributed by atoms with Gasteiger partial charge in [-0.2, -0.15) is 4.39 Å². The zero-order valence-corrected chi connectivity index (χ0v) is 12.5. The number of nitrogens with one attached hydrogen (secondary N) is 1. The van der Waals surface area contributed by atoms with Gasteiger partial charge in [-0.05, 0) is 12.1 Å². The molecule has 0 aliphatic carbocycles. The molecule has 0 spiro atoms. The molecule has 0 atom stereocenters. The SMILES string of the molecule is O=[N+]([O-])c1c(F)c(F)c(F)c(Nc2cccc3c2OC(F)(F)O3)c1[N+](=O)[O-]. The normalized spacial score (nSPS) is 14.1. The Morgan fingerprint density at radius 2 is 1.56 bits per heavy atom. The van der Waals surface area contributed by atoms with Crippen LogP contribution in [-0.4, -0.2) is 16.1 Å². The average molecular weight is 393 g/mol. The molecule has 0 aromatic heterocycles. The molecule has 0 fully saturated rings. The topological polar surface area (TPSA) is 117 Å². The van der Waals surface area contributed by atoms with Crippen LogP contribution in [0.1, 0.15) is 0 Å². The first kappa shape index (κ1) is 18.1. The van der Waals surface area contributed by atoms with E-state index in [4.69, 9.17) is 0 Å². The molecule has 1 aliphatic rings. The lowest BCUT2D eigenvalue weighted by atomic mass is 10.1. The van der Waals surface area contributed by atoms with Gasteiger partial charge in [0.2, 0.25) is 11.6 Å². The summed E-state index contributed by atoms with van der Waals surface area (Å²) in [6.07, 6.45) is -4.11. The fourth-order valence-electron chi connectivity index (χ4n) is 2.30. The minimum Gasteiger partial charge on any atom is -0.395 e. The van der Waals surface area contributed by atoms with E-state index in [1.165, 1.54) is 0 Å². The molecule has 0 bridgehead atoms. The quantitative estimate of drug-likeness (QED) is 0.361. The van der Waals surface area contributed by atoms with E-state index in [9.17, 15) is 42.2 Å². The number of fused-ring (bicyclic) bond motifs is 1. The molecule has 0 unspecified atom stereocenters.